The first-order valence-corrected chi connectivity index (χ1v) is 11.3. The first-order valence-electron chi connectivity index (χ1n) is 11.3. The Morgan fingerprint density at radius 1 is 1.12 bits per heavy atom. The van der Waals surface area contributed by atoms with E-state index in [4.69, 9.17) is 14.1 Å². The molecule has 0 aromatic heterocycles. The fraction of sp³-hybridized carbons (Fsp3) is 0.440. The van der Waals surface area contributed by atoms with Gasteiger partial charge in [-0.3, -0.25) is 9.59 Å². The number of aryl methyl sites for hydroxylation is 1. The van der Waals surface area contributed by atoms with Crippen LogP contribution in [0.25, 0.3) is 22.6 Å². The number of fused-ring (bicyclic) bond motifs is 2. The summed E-state index contributed by atoms with van der Waals surface area (Å²) in [6.07, 6.45) is 3.48. The van der Waals surface area contributed by atoms with Gasteiger partial charge in [-0.1, -0.05) is 19.8 Å². The van der Waals surface area contributed by atoms with Gasteiger partial charge in [0.05, 0.1) is 0 Å². The monoisotopic (exact) mass is 453 g/mol. The number of nitrogens with zero attached hydrogens (tertiary/aromatic N) is 1. The van der Waals surface area contributed by atoms with Crippen LogP contribution in [0, 0.1) is 0 Å². The van der Waals surface area contributed by atoms with E-state index < -0.39 is 11.7 Å². The molecule has 2 N–H and O–H groups in total. The van der Waals surface area contributed by atoms with Gasteiger partial charge in [-0.2, -0.15) is 0 Å². The van der Waals surface area contributed by atoms with Crippen molar-refractivity contribution >= 4 is 28.8 Å². The molecule has 2 amide bonds. The highest BCUT2D eigenvalue weighted by Crippen LogP contribution is 2.29. The van der Waals surface area contributed by atoms with Crippen molar-refractivity contribution in [2.24, 2.45) is 0 Å². The average Bonchev–Trinajstić information content (AvgIpc) is 2.71. The van der Waals surface area contributed by atoms with Gasteiger partial charge in [0, 0.05) is 30.8 Å². The van der Waals surface area contributed by atoms with Gasteiger partial charge >= 0.3 is 6.09 Å². The van der Waals surface area contributed by atoms with E-state index in [0.717, 1.165) is 31.2 Å². The SMILES string of the molecule is CCCCCc1cc(=O)cc2oc3cc(NC(=O)CCNC(=O)OC(C)(C)C)ccc3nc1-2. The zero-order valence-electron chi connectivity index (χ0n) is 19.6. The summed E-state index contributed by atoms with van der Waals surface area (Å²) in [5, 5.41) is 5.33. The maximum absolute atomic E-state index is 12.3. The van der Waals surface area contributed by atoms with Crippen molar-refractivity contribution in [2.45, 2.75) is 65.4 Å². The lowest BCUT2D eigenvalue weighted by Gasteiger charge is -2.19. The van der Waals surface area contributed by atoms with E-state index in [1.807, 2.05) is 0 Å². The molecule has 176 valence electrons. The van der Waals surface area contributed by atoms with Crippen molar-refractivity contribution in [1.82, 2.24) is 10.3 Å². The number of unbranched alkanes of at least 4 members (excludes halogenated alkanes) is 2. The van der Waals surface area contributed by atoms with Gasteiger partial charge in [-0.05, 0) is 57.4 Å². The Balaban J connectivity index is 1.70. The smallest absolute Gasteiger partial charge is 0.407 e. The lowest BCUT2D eigenvalue weighted by atomic mass is 10.0. The topological polar surface area (TPSA) is 111 Å². The van der Waals surface area contributed by atoms with Crippen molar-refractivity contribution in [1.29, 1.82) is 0 Å². The van der Waals surface area contributed by atoms with E-state index in [1.165, 1.54) is 6.07 Å². The van der Waals surface area contributed by atoms with Crippen LogP contribution in [-0.4, -0.2) is 29.1 Å². The minimum Gasteiger partial charge on any atom is -0.453 e. The molecular weight excluding hydrogens is 422 g/mol. The number of benzene rings is 2. The van der Waals surface area contributed by atoms with Crippen LogP contribution in [-0.2, 0) is 16.0 Å². The lowest BCUT2D eigenvalue weighted by molar-refractivity contribution is -0.116. The Labute approximate surface area is 193 Å². The van der Waals surface area contributed by atoms with E-state index in [9.17, 15) is 14.4 Å². The summed E-state index contributed by atoms with van der Waals surface area (Å²) in [7, 11) is 0. The average molecular weight is 454 g/mol. The maximum Gasteiger partial charge on any atom is 0.407 e. The summed E-state index contributed by atoms with van der Waals surface area (Å²) in [5.74, 6) is 0.172. The highest BCUT2D eigenvalue weighted by Gasteiger charge is 2.17. The van der Waals surface area contributed by atoms with Gasteiger partial charge in [-0.25, -0.2) is 9.78 Å². The molecule has 0 atom stereocenters. The van der Waals surface area contributed by atoms with Crippen molar-refractivity contribution in [3.05, 3.63) is 46.1 Å². The number of ether oxygens (including phenoxy) is 1. The molecule has 1 aliphatic carbocycles. The molecule has 0 spiro atoms. The van der Waals surface area contributed by atoms with Crippen molar-refractivity contribution in [3.8, 4) is 11.5 Å². The molecular formula is C25H31N3O5. The molecule has 3 rings (SSSR count). The normalized spacial score (nSPS) is 11.5. The molecule has 1 aliphatic heterocycles. The van der Waals surface area contributed by atoms with Crippen LogP contribution >= 0.6 is 0 Å². The molecule has 8 nitrogen and oxygen atoms in total. The number of hydrogen-bond donors (Lipinski definition) is 2. The number of nitrogens with one attached hydrogen (secondary N) is 2. The number of alkyl carbamates (subject to hydrolysis) is 1. The molecule has 8 heteroatoms. The quantitative estimate of drug-likeness (QED) is 0.372. The fourth-order valence-electron chi connectivity index (χ4n) is 3.42. The summed E-state index contributed by atoms with van der Waals surface area (Å²) in [6.45, 7) is 7.60. The number of aromatic nitrogens is 1. The van der Waals surface area contributed by atoms with Crippen LogP contribution in [0.4, 0.5) is 10.5 Å². The van der Waals surface area contributed by atoms with Crippen molar-refractivity contribution in [2.75, 3.05) is 11.9 Å². The molecule has 0 unspecified atom stereocenters. The predicted octanol–water partition coefficient (Wildman–Crippen LogP) is 4.88. The summed E-state index contributed by atoms with van der Waals surface area (Å²) >= 11 is 0. The number of carbonyl (C=O) groups is 2. The second-order valence-electron chi connectivity index (χ2n) is 9.01. The van der Waals surface area contributed by atoms with Gasteiger partial charge in [0.1, 0.15) is 16.8 Å². The first kappa shape index (κ1) is 24.2. The summed E-state index contributed by atoms with van der Waals surface area (Å²) in [6, 6.07) is 8.27. The standard InChI is InChI=1S/C25H31N3O5/c1-5-6-7-8-16-13-18(29)15-21-23(16)28-19-10-9-17(14-20(19)32-21)27-22(30)11-12-26-24(31)33-25(2,3)4/h9-10,13-15H,5-8,11-12H2,1-4H3,(H,26,31)(H,27,30). The zero-order valence-corrected chi connectivity index (χ0v) is 19.6. The molecule has 2 aliphatic rings. The second-order valence-corrected chi connectivity index (χ2v) is 9.01. The van der Waals surface area contributed by atoms with Crippen LogP contribution in [0.15, 0.2) is 39.5 Å². The molecule has 33 heavy (non-hydrogen) atoms. The van der Waals surface area contributed by atoms with E-state index in [0.29, 0.717) is 28.2 Å². The number of carbonyl (C=O) groups excluding carboxylic acids is 2. The van der Waals surface area contributed by atoms with E-state index >= 15 is 0 Å². The van der Waals surface area contributed by atoms with Crippen LogP contribution < -0.4 is 16.1 Å². The van der Waals surface area contributed by atoms with Gasteiger partial charge in [0.25, 0.3) is 0 Å². The Bertz CT molecular complexity index is 1160. The van der Waals surface area contributed by atoms with Gasteiger partial charge in [-0.15, -0.1) is 0 Å². The van der Waals surface area contributed by atoms with E-state index in [-0.39, 0.29) is 24.3 Å². The van der Waals surface area contributed by atoms with E-state index in [2.05, 4.69) is 17.6 Å². The Morgan fingerprint density at radius 2 is 1.91 bits per heavy atom. The third-order valence-electron chi connectivity index (χ3n) is 4.89. The van der Waals surface area contributed by atoms with Crippen molar-refractivity contribution < 1.29 is 18.7 Å². The molecule has 0 radical (unpaired) electrons. The third kappa shape index (κ3) is 7.03. The van der Waals surface area contributed by atoms with Crippen LogP contribution in [0.5, 0.6) is 0 Å². The molecule has 0 fully saturated rings. The molecule has 0 saturated heterocycles. The van der Waals surface area contributed by atoms with Gasteiger partial charge in [0.15, 0.2) is 16.8 Å². The summed E-state index contributed by atoms with van der Waals surface area (Å²) < 4.78 is 11.1. The summed E-state index contributed by atoms with van der Waals surface area (Å²) in [4.78, 5) is 40.8. The third-order valence-corrected chi connectivity index (χ3v) is 4.89. The molecule has 1 aromatic carbocycles. The van der Waals surface area contributed by atoms with Crippen LogP contribution in [0.3, 0.4) is 0 Å². The molecule has 0 bridgehead atoms. The number of hydrogen-bond acceptors (Lipinski definition) is 6. The van der Waals surface area contributed by atoms with Gasteiger partial charge in [0.2, 0.25) is 5.91 Å². The van der Waals surface area contributed by atoms with Crippen molar-refractivity contribution in [3.63, 3.8) is 0 Å². The second kappa shape index (κ2) is 10.5. The van der Waals surface area contributed by atoms with E-state index in [1.54, 1.807) is 45.0 Å². The maximum atomic E-state index is 12.3. The molecule has 1 aromatic rings. The number of amides is 2. The molecule has 0 saturated carbocycles. The zero-order chi connectivity index (χ0) is 24.0. The number of anilines is 1. The summed E-state index contributed by atoms with van der Waals surface area (Å²) in [5.41, 5.74) is 2.54. The van der Waals surface area contributed by atoms with Crippen LogP contribution in [0.1, 0.15) is 58.9 Å². The Kier molecular flexibility index (Phi) is 7.68. The lowest BCUT2D eigenvalue weighted by Crippen LogP contribution is -2.34. The highest BCUT2D eigenvalue weighted by atomic mass is 16.6. The Morgan fingerprint density at radius 3 is 2.64 bits per heavy atom. The predicted molar refractivity (Wildman–Crippen MR) is 128 cm³/mol. The molecule has 1 heterocycles. The van der Waals surface area contributed by atoms with Gasteiger partial charge < -0.3 is 19.8 Å². The largest absolute Gasteiger partial charge is 0.453 e. The highest BCUT2D eigenvalue weighted by molar-refractivity contribution is 5.93. The number of rotatable bonds is 8. The fourth-order valence-corrected chi connectivity index (χ4v) is 3.42. The Hall–Kier alpha value is -3.42. The minimum absolute atomic E-state index is 0.0883. The minimum atomic E-state index is -0.595. The first-order chi connectivity index (χ1) is 15.6. The van der Waals surface area contributed by atoms with Crippen LogP contribution in [0.2, 0.25) is 0 Å².